The van der Waals surface area contributed by atoms with Crippen LogP contribution >= 0.6 is 11.6 Å². The van der Waals surface area contributed by atoms with E-state index in [-0.39, 0.29) is 11.6 Å². The predicted octanol–water partition coefficient (Wildman–Crippen LogP) is 4.64. The first kappa shape index (κ1) is 13.8. The molecule has 0 N–H and O–H groups in total. The van der Waals surface area contributed by atoms with Gasteiger partial charge in [-0.05, 0) is 43.7 Å². The molecule has 0 bridgehead atoms. The summed E-state index contributed by atoms with van der Waals surface area (Å²) >= 11 is 6.06. The molecule has 0 aromatic heterocycles. The summed E-state index contributed by atoms with van der Waals surface area (Å²) in [6.45, 7) is 3.62. The standard InChI is InChI=1S/C16H14ClFO/c1-16(2,11-7-9-12(18)10-8-11)15(19)13-5-3-4-6-14(13)17/h3-10H,1-2H3. The fourth-order valence-corrected chi connectivity index (χ4v) is 2.20. The second-order valence-electron chi connectivity index (χ2n) is 4.94. The topological polar surface area (TPSA) is 17.1 Å². The third-order valence-electron chi connectivity index (χ3n) is 3.25. The minimum absolute atomic E-state index is 0.0790. The molecule has 0 saturated heterocycles. The first-order chi connectivity index (χ1) is 8.93. The molecule has 3 heteroatoms. The Labute approximate surface area is 117 Å². The molecule has 0 aliphatic carbocycles. The van der Waals surface area contributed by atoms with Gasteiger partial charge in [0.2, 0.25) is 0 Å². The van der Waals surface area contributed by atoms with E-state index in [9.17, 15) is 9.18 Å². The van der Waals surface area contributed by atoms with Gasteiger partial charge in [0, 0.05) is 5.56 Å². The van der Waals surface area contributed by atoms with Crippen molar-refractivity contribution in [2.45, 2.75) is 19.3 Å². The van der Waals surface area contributed by atoms with E-state index in [0.717, 1.165) is 5.56 Å². The lowest BCUT2D eigenvalue weighted by atomic mass is 9.78. The number of ketones is 1. The summed E-state index contributed by atoms with van der Waals surface area (Å²) < 4.78 is 13.0. The summed E-state index contributed by atoms with van der Waals surface area (Å²) in [5.41, 5.74) is 0.496. The van der Waals surface area contributed by atoms with Gasteiger partial charge in [0.25, 0.3) is 0 Å². The molecule has 0 radical (unpaired) electrons. The minimum atomic E-state index is -0.751. The summed E-state index contributed by atoms with van der Waals surface area (Å²) in [7, 11) is 0. The molecular weight excluding hydrogens is 263 g/mol. The normalized spacial score (nSPS) is 11.4. The molecule has 0 amide bonds. The van der Waals surface area contributed by atoms with Crippen LogP contribution in [0.25, 0.3) is 0 Å². The highest BCUT2D eigenvalue weighted by atomic mass is 35.5. The van der Waals surface area contributed by atoms with E-state index >= 15 is 0 Å². The molecule has 0 fully saturated rings. The van der Waals surface area contributed by atoms with Gasteiger partial charge in [-0.25, -0.2) is 4.39 Å². The first-order valence-corrected chi connectivity index (χ1v) is 6.36. The van der Waals surface area contributed by atoms with E-state index in [1.54, 1.807) is 36.4 Å². The molecule has 19 heavy (non-hydrogen) atoms. The third kappa shape index (κ3) is 2.69. The minimum Gasteiger partial charge on any atom is -0.293 e. The highest BCUT2D eigenvalue weighted by Crippen LogP contribution is 2.30. The number of Topliss-reactive ketones (excluding diaryl/α,β-unsaturated/α-hetero) is 1. The van der Waals surface area contributed by atoms with Crippen molar-refractivity contribution in [3.05, 3.63) is 70.5 Å². The Morgan fingerprint density at radius 2 is 1.63 bits per heavy atom. The average Bonchev–Trinajstić information content (AvgIpc) is 2.39. The Balaban J connectivity index is 2.42. The average molecular weight is 277 g/mol. The molecule has 2 aromatic carbocycles. The van der Waals surface area contributed by atoms with Crippen molar-refractivity contribution >= 4 is 17.4 Å². The van der Waals surface area contributed by atoms with Crippen molar-refractivity contribution in [3.63, 3.8) is 0 Å². The number of rotatable bonds is 3. The molecule has 0 heterocycles. The Morgan fingerprint density at radius 1 is 1.05 bits per heavy atom. The van der Waals surface area contributed by atoms with Gasteiger partial charge in [-0.2, -0.15) is 0 Å². The van der Waals surface area contributed by atoms with Gasteiger partial charge in [0.05, 0.1) is 10.4 Å². The van der Waals surface area contributed by atoms with Gasteiger partial charge in [0.15, 0.2) is 5.78 Å². The Hall–Kier alpha value is -1.67. The number of hydrogen-bond donors (Lipinski definition) is 0. The summed E-state index contributed by atoms with van der Waals surface area (Å²) in [4.78, 5) is 12.6. The van der Waals surface area contributed by atoms with Crippen molar-refractivity contribution < 1.29 is 9.18 Å². The lowest BCUT2D eigenvalue weighted by Crippen LogP contribution is -2.29. The maximum atomic E-state index is 13.0. The first-order valence-electron chi connectivity index (χ1n) is 5.98. The molecular formula is C16H14ClFO. The number of halogens is 2. The quantitative estimate of drug-likeness (QED) is 0.747. The lowest BCUT2D eigenvalue weighted by Gasteiger charge is -2.24. The van der Waals surface area contributed by atoms with Gasteiger partial charge >= 0.3 is 0 Å². The smallest absolute Gasteiger partial charge is 0.174 e. The molecule has 0 spiro atoms. The molecule has 0 atom stereocenters. The third-order valence-corrected chi connectivity index (χ3v) is 3.58. The zero-order chi connectivity index (χ0) is 14.0. The Kier molecular flexibility index (Phi) is 3.72. The lowest BCUT2D eigenvalue weighted by molar-refractivity contribution is 0.0909. The van der Waals surface area contributed by atoms with Crippen molar-refractivity contribution in [1.82, 2.24) is 0 Å². The zero-order valence-corrected chi connectivity index (χ0v) is 11.5. The van der Waals surface area contributed by atoms with E-state index < -0.39 is 5.41 Å². The maximum Gasteiger partial charge on any atom is 0.174 e. The van der Waals surface area contributed by atoms with Gasteiger partial charge in [-0.1, -0.05) is 35.9 Å². The molecule has 0 aliphatic heterocycles. The predicted molar refractivity (Wildman–Crippen MR) is 75.2 cm³/mol. The molecule has 1 nitrogen and oxygen atoms in total. The van der Waals surface area contributed by atoms with E-state index in [1.807, 2.05) is 13.8 Å². The highest BCUT2D eigenvalue weighted by molar-refractivity contribution is 6.34. The van der Waals surface area contributed by atoms with Crippen molar-refractivity contribution in [3.8, 4) is 0 Å². The number of carbonyl (C=O) groups is 1. The summed E-state index contributed by atoms with van der Waals surface area (Å²) in [6, 6.07) is 12.9. The number of benzene rings is 2. The van der Waals surface area contributed by atoms with E-state index in [1.165, 1.54) is 12.1 Å². The molecule has 2 rings (SSSR count). The molecule has 2 aromatic rings. The van der Waals surface area contributed by atoms with Crippen LogP contribution in [0.2, 0.25) is 5.02 Å². The number of carbonyl (C=O) groups excluding carboxylic acids is 1. The van der Waals surface area contributed by atoms with Crippen molar-refractivity contribution in [1.29, 1.82) is 0 Å². The maximum absolute atomic E-state index is 13.0. The highest BCUT2D eigenvalue weighted by Gasteiger charge is 2.31. The fourth-order valence-electron chi connectivity index (χ4n) is 1.98. The largest absolute Gasteiger partial charge is 0.293 e. The fraction of sp³-hybridized carbons (Fsp3) is 0.188. The van der Waals surface area contributed by atoms with Crippen LogP contribution in [0.1, 0.15) is 29.8 Å². The SMILES string of the molecule is CC(C)(C(=O)c1ccccc1Cl)c1ccc(F)cc1. The Morgan fingerprint density at radius 3 is 2.21 bits per heavy atom. The second kappa shape index (κ2) is 5.14. The van der Waals surface area contributed by atoms with Gasteiger partial charge < -0.3 is 0 Å². The van der Waals surface area contributed by atoms with Crippen LogP contribution in [-0.4, -0.2) is 5.78 Å². The summed E-state index contributed by atoms with van der Waals surface area (Å²) in [5.74, 6) is -0.394. The second-order valence-corrected chi connectivity index (χ2v) is 5.35. The van der Waals surface area contributed by atoms with Crippen LogP contribution < -0.4 is 0 Å². The van der Waals surface area contributed by atoms with Gasteiger partial charge in [0.1, 0.15) is 5.82 Å². The van der Waals surface area contributed by atoms with Crippen molar-refractivity contribution in [2.75, 3.05) is 0 Å². The molecule has 98 valence electrons. The van der Waals surface area contributed by atoms with Crippen LogP contribution in [0.4, 0.5) is 4.39 Å². The van der Waals surface area contributed by atoms with Crippen LogP contribution in [0, 0.1) is 5.82 Å². The molecule has 0 unspecified atom stereocenters. The van der Waals surface area contributed by atoms with E-state index in [2.05, 4.69) is 0 Å². The van der Waals surface area contributed by atoms with Crippen LogP contribution in [0.3, 0.4) is 0 Å². The van der Waals surface area contributed by atoms with Crippen molar-refractivity contribution in [2.24, 2.45) is 0 Å². The van der Waals surface area contributed by atoms with Gasteiger partial charge in [-0.3, -0.25) is 4.79 Å². The number of hydrogen-bond acceptors (Lipinski definition) is 1. The summed E-state index contributed by atoms with van der Waals surface area (Å²) in [6.07, 6.45) is 0. The summed E-state index contributed by atoms with van der Waals surface area (Å²) in [5, 5.41) is 0.433. The molecule has 0 saturated carbocycles. The van der Waals surface area contributed by atoms with Crippen LogP contribution in [-0.2, 0) is 5.41 Å². The van der Waals surface area contributed by atoms with E-state index in [0.29, 0.717) is 10.6 Å². The monoisotopic (exact) mass is 276 g/mol. The zero-order valence-electron chi connectivity index (χ0n) is 10.8. The molecule has 0 aliphatic rings. The van der Waals surface area contributed by atoms with Crippen LogP contribution in [0.15, 0.2) is 48.5 Å². The van der Waals surface area contributed by atoms with Crippen LogP contribution in [0.5, 0.6) is 0 Å². The Bertz CT molecular complexity index is 602. The van der Waals surface area contributed by atoms with E-state index in [4.69, 9.17) is 11.6 Å². The van der Waals surface area contributed by atoms with Gasteiger partial charge in [-0.15, -0.1) is 0 Å².